The molecule has 5 rings (SSSR count). The van der Waals surface area contributed by atoms with Crippen LogP contribution in [0.15, 0.2) is 76.6 Å². The number of halogens is 1. The second-order valence-electron chi connectivity index (χ2n) is 11.0. The van der Waals surface area contributed by atoms with Crippen LogP contribution >= 0.6 is 34.7 Å². The third kappa shape index (κ3) is 8.14. The zero-order valence-corrected chi connectivity index (χ0v) is 29.5. The van der Waals surface area contributed by atoms with E-state index in [1.165, 1.54) is 28.0 Å². The summed E-state index contributed by atoms with van der Waals surface area (Å²) in [7, 11) is 0. The number of Topliss-reactive ketones (excluding diaryl/α,β-unsaturated/α-hetero) is 1. The van der Waals surface area contributed by atoms with Gasteiger partial charge in [-0.3, -0.25) is 14.5 Å². The minimum Gasteiger partial charge on any atom is -0.507 e. The van der Waals surface area contributed by atoms with Crippen LogP contribution in [-0.2, 0) is 15.3 Å². The van der Waals surface area contributed by atoms with Crippen LogP contribution in [0.4, 0.5) is 5.13 Å². The minimum atomic E-state index is -1.01. The predicted octanol–water partition coefficient (Wildman–Crippen LogP) is 8.87. The summed E-state index contributed by atoms with van der Waals surface area (Å²) >= 11 is 8.96. The molecule has 1 unspecified atom stereocenters. The lowest BCUT2D eigenvalue weighted by atomic mass is 9.95. The second kappa shape index (κ2) is 16.9. The van der Waals surface area contributed by atoms with E-state index in [4.69, 9.17) is 25.8 Å². The molecule has 9 nitrogen and oxygen atoms in total. The van der Waals surface area contributed by atoms with Gasteiger partial charge in [0.2, 0.25) is 5.13 Å². The van der Waals surface area contributed by atoms with Gasteiger partial charge in [0.25, 0.3) is 5.78 Å². The molecule has 1 fully saturated rings. The first-order valence-corrected chi connectivity index (χ1v) is 18.2. The monoisotopic (exact) mass is 707 g/mol. The third-order valence-electron chi connectivity index (χ3n) is 7.59. The summed E-state index contributed by atoms with van der Waals surface area (Å²) < 4.78 is 18.3. The number of rotatable bonds is 16. The van der Waals surface area contributed by atoms with Crippen LogP contribution in [0.3, 0.4) is 0 Å². The van der Waals surface area contributed by atoms with Crippen molar-refractivity contribution >= 4 is 57.3 Å². The number of hydrogen-bond acceptors (Lipinski definition) is 10. The standard InChI is InChI=1S/C36H38ClN3O6S2/c1-4-7-19-45-26-16-13-23(14-17-26)32(41)30-31(24-15-18-28(46-20-8-5-2)29(21-24)44-6-3)40(34(43)33(30)42)35-38-39-36(48-35)47-22-25-11-9-10-12-27(25)37/h9-18,21,31,41H,4-8,19-20,22H2,1-3H3/b32-30+. The molecule has 1 atom stereocenters. The Balaban J connectivity index is 1.54. The van der Waals surface area contributed by atoms with Gasteiger partial charge in [0.15, 0.2) is 15.8 Å². The number of carbonyl (C=O) groups excluding carboxylic acids is 2. The lowest BCUT2D eigenvalue weighted by Gasteiger charge is -2.23. The lowest BCUT2D eigenvalue weighted by molar-refractivity contribution is -0.132. The van der Waals surface area contributed by atoms with Crippen LogP contribution in [0.25, 0.3) is 5.76 Å². The maximum Gasteiger partial charge on any atom is 0.301 e. The molecule has 252 valence electrons. The minimum absolute atomic E-state index is 0.0674. The number of thioether (sulfide) groups is 1. The molecule has 0 spiro atoms. The van der Waals surface area contributed by atoms with E-state index in [1.807, 2.05) is 31.2 Å². The van der Waals surface area contributed by atoms with E-state index in [2.05, 4.69) is 24.0 Å². The Morgan fingerprint density at radius 2 is 1.65 bits per heavy atom. The molecule has 1 aliphatic heterocycles. The van der Waals surface area contributed by atoms with E-state index in [0.29, 0.717) is 63.3 Å². The van der Waals surface area contributed by atoms with Crippen molar-refractivity contribution in [1.29, 1.82) is 0 Å². The van der Waals surface area contributed by atoms with E-state index < -0.39 is 17.7 Å². The third-order valence-corrected chi connectivity index (χ3v) is 10.1. The zero-order chi connectivity index (χ0) is 34.0. The molecule has 1 aliphatic rings. The van der Waals surface area contributed by atoms with Gasteiger partial charge in [-0.1, -0.05) is 85.7 Å². The molecule has 1 saturated heterocycles. The molecular weight excluding hydrogens is 670 g/mol. The molecule has 1 N–H and O–H groups in total. The zero-order valence-electron chi connectivity index (χ0n) is 27.1. The highest BCUT2D eigenvalue weighted by molar-refractivity contribution is 8.00. The Morgan fingerprint density at radius 1 is 0.917 bits per heavy atom. The van der Waals surface area contributed by atoms with Gasteiger partial charge in [-0.15, -0.1) is 10.2 Å². The summed E-state index contributed by atoms with van der Waals surface area (Å²) in [6, 6.07) is 18.6. The fourth-order valence-corrected chi connectivity index (χ4v) is 7.22. The van der Waals surface area contributed by atoms with Gasteiger partial charge in [0.05, 0.1) is 31.4 Å². The number of carbonyl (C=O) groups is 2. The van der Waals surface area contributed by atoms with Gasteiger partial charge in [-0.05, 0) is 73.4 Å². The number of unbranched alkanes of at least 4 members (excludes halogenated alkanes) is 2. The van der Waals surface area contributed by atoms with Gasteiger partial charge < -0.3 is 19.3 Å². The molecular formula is C36H38ClN3O6S2. The first kappa shape index (κ1) is 35.3. The highest BCUT2D eigenvalue weighted by Gasteiger charge is 2.48. The first-order valence-electron chi connectivity index (χ1n) is 16.0. The van der Waals surface area contributed by atoms with E-state index in [-0.39, 0.29) is 16.5 Å². The molecule has 48 heavy (non-hydrogen) atoms. The van der Waals surface area contributed by atoms with Crippen LogP contribution in [0.2, 0.25) is 5.02 Å². The summed E-state index contributed by atoms with van der Waals surface area (Å²) in [6.45, 7) is 7.51. The molecule has 0 saturated carbocycles. The number of anilines is 1. The molecule has 1 amide bonds. The van der Waals surface area contributed by atoms with E-state index in [1.54, 1.807) is 42.5 Å². The number of aromatic nitrogens is 2. The Morgan fingerprint density at radius 3 is 2.35 bits per heavy atom. The van der Waals surface area contributed by atoms with Crippen molar-refractivity contribution in [2.24, 2.45) is 0 Å². The summed E-state index contributed by atoms with van der Waals surface area (Å²) in [5.41, 5.74) is 1.79. The van der Waals surface area contributed by atoms with Gasteiger partial charge in [0, 0.05) is 16.3 Å². The predicted molar refractivity (Wildman–Crippen MR) is 191 cm³/mol. The molecule has 1 aromatic heterocycles. The van der Waals surface area contributed by atoms with Crippen molar-refractivity contribution in [1.82, 2.24) is 10.2 Å². The largest absolute Gasteiger partial charge is 0.507 e. The Bertz CT molecular complexity index is 1760. The van der Waals surface area contributed by atoms with Gasteiger partial charge >= 0.3 is 5.91 Å². The fraction of sp³-hybridized carbons (Fsp3) is 0.333. The quantitative estimate of drug-likeness (QED) is 0.0305. The van der Waals surface area contributed by atoms with Gasteiger partial charge in [-0.25, -0.2) is 0 Å². The Kier molecular flexibility index (Phi) is 12.4. The van der Waals surface area contributed by atoms with Crippen molar-refractivity contribution < 1.29 is 28.9 Å². The number of aliphatic hydroxyl groups is 1. The van der Waals surface area contributed by atoms with Crippen molar-refractivity contribution in [3.63, 3.8) is 0 Å². The van der Waals surface area contributed by atoms with Crippen LogP contribution in [-0.4, -0.2) is 46.8 Å². The van der Waals surface area contributed by atoms with Crippen molar-refractivity contribution in [2.45, 2.75) is 62.6 Å². The molecule has 0 radical (unpaired) electrons. The average molecular weight is 708 g/mol. The normalized spacial score (nSPS) is 15.6. The van der Waals surface area contributed by atoms with E-state index in [9.17, 15) is 14.7 Å². The molecule has 2 heterocycles. The number of ketones is 1. The number of aliphatic hydroxyl groups excluding tert-OH is 1. The van der Waals surface area contributed by atoms with Crippen LogP contribution in [0.5, 0.6) is 17.2 Å². The van der Waals surface area contributed by atoms with E-state index >= 15 is 0 Å². The van der Waals surface area contributed by atoms with E-state index in [0.717, 1.165) is 31.2 Å². The summed E-state index contributed by atoms with van der Waals surface area (Å²) in [5.74, 6) is 0.264. The molecule has 0 aliphatic carbocycles. The van der Waals surface area contributed by atoms with Crippen LogP contribution in [0, 0.1) is 0 Å². The number of hydrogen-bond donors (Lipinski definition) is 1. The molecule has 0 bridgehead atoms. The maximum atomic E-state index is 13.8. The van der Waals surface area contributed by atoms with Crippen molar-refractivity contribution in [3.8, 4) is 17.2 Å². The SMILES string of the molecule is CCCCOc1ccc(/C(O)=C2\C(=O)C(=O)N(c3nnc(SCc4ccccc4Cl)s3)C2c2ccc(OCCCC)c(OCC)c2)cc1. The highest BCUT2D eigenvalue weighted by Crippen LogP contribution is 2.46. The van der Waals surface area contributed by atoms with Crippen LogP contribution < -0.4 is 19.1 Å². The topological polar surface area (TPSA) is 111 Å². The number of amides is 1. The average Bonchev–Trinajstić information content (AvgIpc) is 3.66. The molecule has 3 aromatic carbocycles. The number of benzene rings is 3. The Labute approximate surface area is 293 Å². The van der Waals surface area contributed by atoms with Crippen LogP contribution in [0.1, 0.15) is 69.2 Å². The highest BCUT2D eigenvalue weighted by atomic mass is 35.5. The molecule has 4 aromatic rings. The van der Waals surface area contributed by atoms with Crippen molar-refractivity contribution in [2.75, 3.05) is 24.7 Å². The fourth-order valence-electron chi connectivity index (χ4n) is 5.07. The first-order chi connectivity index (χ1) is 23.4. The smallest absolute Gasteiger partial charge is 0.301 e. The Hall–Kier alpha value is -4.06. The van der Waals surface area contributed by atoms with Crippen molar-refractivity contribution in [3.05, 3.63) is 94.0 Å². The maximum absolute atomic E-state index is 13.8. The molecule has 12 heteroatoms. The second-order valence-corrected chi connectivity index (χ2v) is 13.6. The lowest BCUT2D eigenvalue weighted by Crippen LogP contribution is -2.29. The van der Waals surface area contributed by atoms with Gasteiger partial charge in [0.1, 0.15) is 11.5 Å². The summed E-state index contributed by atoms with van der Waals surface area (Å²) in [5, 5.41) is 21.2. The summed E-state index contributed by atoms with van der Waals surface area (Å²) in [6.07, 6.45) is 3.78. The number of ether oxygens (including phenoxy) is 3. The van der Waals surface area contributed by atoms with Gasteiger partial charge in [-0.2, -0.15) is 0 Å². The summed E-state index contributed by atoms with van der Waals surface area (Å²) in [4.78, 5) is 28.9. The number of nitrogens with zero attached hydrogens (tertiary/aromatic N) is 3.